The normalized spacial score (nSPS) is 18.3. The van der Waals surface area contributed by atoms with Gasteiger partial charge in [0.15, 0.2) is 0 Å². The maximum atomic E-state index is 12.8. The standard InChI is InChI=1S/C11H13F3N2O2S/c12-11(13,14)9-3-1-2-4-10(9)19(17,18)16-6-8(5-15)7-16/h1-4,8H,5-7,15H2. The van der Waals surface area contributed by atoms with Crippen LogP contribution < -0.4 is 5.73 Å². The molecule has 0 atom stereocenters. The Kier molecular flexibility index (Phi) is 3.59. The Morgan fingerprint density at radius 1 is 1.26 bits per heavy atom. The van der Waals surface area contributed by atoms with Gasteiger partial charge in [0.25, 0.3) is 0 Å². The number of halogens is 3. The number of rotatable bonds is 3. The fourth-order valence-electron chi connectivity index (χ4n) is 1.93. The molecule has 0 bridgehead atoms. The predicted octanol–water partition coefficient (Wildman–Crippen LogP) is 1.28. The second kappa shape index (κ2) is 4.77. The van der Waals surface area contributed by atoms with Gasteiger partial charge in [0.2, 0.25) is 10.0 Å². The van der Waals surface area contributed by atoms with Gasteiger partial charge in [0.1, 0.15) is 0 Å². The molecule has 0 amide bonds. The molecule has 0 radical (unpaired) electrons. The maximum Gasteiger partial charge on any atom is 0.417 e. The fraction of sp³-hybridized carbons (Fsp3) is 0.455. The molecule has 2 rings (SSSR count). The molecule has 0 saturated carbocycles. The summed E-state index contributed by atoms with van der Waals surface area (Å²) in [6.07, 6.45) is -4.69. The summed E-state index contributed by atoms with van der Waals surface area (Å²) in [5.74, 6) is 0.0211. The first-order valence-electron chi connectivity index (χ1n) is 5.63. The molecule has 2 N–H and O–H groups in total. The van der Waals surface area contributed by atoms with Crippen molar-refractivity contribution in [1.82, 2.24) is 4.31 Å². The van der Waals surface area contributed by atoms with Gasteiger partial charge in [-0.15, -0.1) is 0 Å². The Balaban J connectivity index is 2.37. The number of sulfonamides is 1. The Hall–Kier alpha value is -1.12. The second-order valence-corrected chi connectivity index (χ2v) is 6.32. The van der Waals surface area contributed by atoms with Gasteiger partial charge in [-0.05, 0) is 24.6 Å². The molecule has 19 heavy (non-hydrogen) atoms. The van der Waals surface area contributed by atoms with E-state index in [0.29, 0.717) is 6.54 Å². The molecular weight excluding hydrogens is 281 g/mol. The van der Waals surface area contributed by atoms with Crippen molar-refractivity contribution in [2.45, 2.75) is 11.1 Å². The molecule has 0 unspecified atom stereocenters. The van der Waals surface area contributed by atoms with Crippen molar-refractivity contribution in [1.29, 1.82) is 0 Å². The van der Waals surface area contributed by atoms with Gasteiger partial charge >= 0.3 is 6.18 Å². The van der Waals surface area contributed by atoms with Crippen LogP contribution in [0.3, 0.4) is 0 Å². The van der Waals surface area contributed by atoms with E-state index < -0.39 is 26.7 Å². The molecule has 0 spiro atoms. The van der Waals surface area contributed by atoms with Crippen molar-refractivity contribution in [2.24, 2.45) is 11.7 Å². The third kappa shape index (κ3) is 2.60. The molecule has 1 aromatic rings. The highest BCUT2D eigenvalue weighted by Crippen LogP contribution is 2.36. The van der Waals surface area contributed by atoms with Crippen molar-refractivity contribution in [3.8, 4) is 0 Å². The zero-order valence-electron chi connectivity index (χ0n) is 9.89. The van der Waals surface area contributed by atoms with E-state index in [-0.39, 0.29) is 19.0 Å². The highest BCUT2D eigenvalue weighted by Gasteiger charge is 2.42. The minimum Gasteiger partial charge on any atom is -0.330 e. The summed E-state index contributed by atoms with van der Waals surface area (Å²) in [4.78, 5) is -0.696. The quantitative estimate of drug-likeness (QED) is 0.913. The Morgan fingerprint density at radius 3 is 2.37 bits per heavy atom. The van der Waals surface area contributed by atoms with E-state index in [1.54, 1.807) is 0 Å². The molecule has 1 aliphatic rings. The largest absolute Gasteiger partial charge is 0.417 e. The highest BCUT2D eigenvalue weighted by molar-refractivity contribution is 7.89. The summed E-state index contributed by atoms with van der Waals surface area (Å²) in [6.45, 7) is 0.670. The Labute approximate surface area is 109 Å². The van der Waals surface area contributed by atoms with Crippen LogP contribution in [-0.4, -0.2) is 32.4 Å². The fourth-order valence-corrected chi connectivity index (χ4v) is 3.74. The van der Waals surface area contributed by atoms with Crippen LogP contribution in [-0.2, 0) is 16.2 Å². The van der Waals surface area contributed by atoms with Crippen LogP contribution in [0.4, 0.5) is 13.2 Å². The summed E-state index contributed by atoms with van der Waals surface area (Å²) in [7, 11) is -4.10. The molecule has 1 heterocycles. The van der Waals surface area contributed by atoms with Gasteiger partial charge in [0, 0.05) is 13.1 Å². The lowest BCUT2D eigenvalue weighted by atomic mass is 10.0. The number of hydrogen-bond acceptors (Lipinski definition) is 3. The number of nitrogens with zero attached hydrogens (tertiary/aromatic N) is 1. The maximum absolute atomic E-state index is 12.8. The van der Waals surface area contributed by atoms with Gasteiger partial charge in [0.05, 0.1) is 10.5 Å². The van der Waals surface area contributed by atoms with Crippen molar-refractivity contribution in [3.63, 3.8) is 0 Å². The topological polar surface area (TPSA) is 63.4 Å². The SMILES string of the molecule is NCC1CN(S(=O)(=O)c2ccccc2C(F)(F)F)C1. The van der Waals surface area contributed by atoms with Crippen LogP contribution >= 0.6 is 0 Å². The van der Waals surface area contributed by atoms with Crippen molar-refractivity contribution in [3.05, 3.63) is 29.8 Å². The third-order valence-electron chi connectivity index (χ3n) is 3.07. The summed E-state index contributed by atoms with van der Waals surface area (Å²) in [5.41, 5.74) is 4.24. The van der Waals surface area contributed by atoms with Crippen LogP contribution in [0.1, 0.15) is 5.56 Å². The van der Waals surface area contributed by atoms with E-state index in [9.17, 15) is 21.6 Å². The first-order chi connectivity index (χ1) is 8.76. The lowest BCUT2D eigenvalue weighted by Gasteiger charge is -2.37. The molecule has 1 saturated heterocycles. The zero-order chi connectivity index (χ0) is 14.3. The van der Waals surface area contributed by atoms with Crippen molar-refractivity contribution < 1.29 is 21.6 Å². The molecule has 1 aliphatic heterocycles. The summed E-state index contributed by atoms with van der Waals surface area (Å²) in [5, 5.41) is 0. The summed E-state index contributed by atoms with van der Waals surface area (Å²) in [6, 6.07) is 4.20. The molecular formula is C11H13F3N2O2S. The predicted molar refractivity (Wildman–Crippen MR) is 62.7 cm³/mol. The van der Waals surface area contributed by atoms with E-state index in [1.165, 1.54) is 12.1 Å². The van der Waals surface area contributed by atoms with E-state index in [2.05, 4.69) is 0 Å². The van der Waals surface area contributed by atoms with E-state index >= 15 is 0 Å². The third-order valence-corrected chi connectivity index (χ3v) is 4.96. The van der Waals surface area contributed by atoms with E-state index in [1.807, 2.05) is 0 Å². The molecule has 4 nitrogen and oxygen atoms in total. The summed E-state index contributed by atoms with van der Waals surface area (Å²) >= 11 is 0. The average Bonchev–Trinajstić information content (AvgIpc) is 2.26. The zero-order valence-corrected chi connectivity index (χ0v) is 10.7. The number of nitrogens with two attached hydrogens (primary N) is 1. The monoisotopic (exact) mass is 294 g/mol. The van der Waals surface area contributed by atoms with Gasteiger partial charge < -0.3 is 5.73 Å². The number of benzene rings is 1. The van der Waals surface area contributed by atoms with Crippen LogP contribution in [0.25, 0.3) is 0 Å². The van der Waals surface area contributed by atoms with Crippen molar-refractivity contribution in [2.75, 3.05) is 19.6 Å². The molecule has 0 aliphatic carbocycles. The highest BCUT2D eigenvalue weighted by atomic mass is 32.2. The van der Waals surface area contributed by atoms with Crippen LogP contribution in [0.2, 0.25) is 0 Å². The molecule has 106 valence electrons. The average molecular weight is 294 g/mol. The van der Waals surface area contributed by atoms with Crippen LogP contribution in [0.15, 0.2) is 29.2 Å². The number of hydrogen-bond donors (Lipinski definition) is 1. The molecule has 0 aromatic heterocycles. The van der Waals surface area contributed by atoms with E-state index in [0.717, 1.165) is 16.4 Å². The first kappa shape index (κ1) is 14.3. The van der Waals surface area contributed by atoms with Crippen LogP contribution in [0, 0.1) is 5.92 Å². The number of alkyl halides is 3. The Morgan fingerprint density at radius 2 is 1.84 bits per heavy atom. The first-order valence-corrected chi connectivity index (χ1v) is 7.07. The van der Waals surface area contributed by atoms with Gasteiger partial charge in [-0.3, -0.25) is 0 Å². The summed E-state index contributed by atoms with van der Waals surface area (Å²) < 4.78 is 63.7. The van der Waals surface area contributed by atoms with Gasteiger partial charge in [-0.1, -0.05) is 12.1 Å². The van der Waals surface area contributed by atoms with Crippen molar-refractivity contribution >= 4 is 10.0 Å². The Bertz CT molecular complexity index is 566. The van der Waals surface area contributed by atoms with Crippen LogP contribution in [0.5, 0.6) is 0 Å². The molecule has 1 aromatic carbocycles. The molecule has 1 fully saturated rings. The second-order valence-electron chi connectivity index (χ2n) is 4.42. The van der Waals surface area contributed by atoms with Gasteiger partial charge in [-0.25, -0.2) is 8.42 Å². The lowest BCUT2D eigenvalue weighted by molar-refractivity contribution is -0.139. The molecule has 8 heteroatoms. The lowest BCUT2D eigenvalue weighted by Crippen LogP contribution is -2.52. The minimum absolute atomic E-state index is 0.0211. The van der Waals surface area contributed by atoms with Gasteiger partial charge in [-0.2, -0.15) is 17.5 Å². The minimum atomic E-state index is -4.69. The smallest absolute Gasteiger partial charge is 0.330 e. The van der Waals surface area contributed by atoms with E-state index in [4.69, 9.17) is 5.73 Å².